The second-order valence-electron chi connectivity index (χ2n) is 22.8. The number of amides is 1. The van der Waals surface area contributed by atoms with Crippen molar-refractivity contribution in [2.75, 3.05) is 19.8 Å². The zero-order valence-electron chi connectivity index (χ0n) is 50.4. The number of unbranched alkanes of at least 4 members (excludes halogenated alkanes) is 38. The van der Waals surface area contributed by atoms with E-state index in [0.29, 0.717) is 19.4 Å². The summed E-state index contributed by atoms with van der Waals surface area (Å²) in [5.74, 6) is -0.200. The first-order valence-electron chi connectivity index (χ1n) is 32.9. The van der Waals surface area contributed by atoms with Gasteiger partial charge in [-0.15, -0.1) is 0 Å². The van der Waals surface area contributed by atoms with Crippen LogP contribution in [0.1, 0.15) is 303 Å². The van der Waals surface area contributed by atoms with Crippen LogP contribution in [0.15, 0.2) is 48.6 Å². The Kier molecular flexibility index (Phi) is 53.3. The lowest BCUT2D eigenvalue weighted by Gasteiger charge is -2.40. The predicted octanol–water partition coefficient (Wildman–Crippen LogP) is 16.0. The van der Waals surface area contributed by atoms with Gasteiger partial charge in [0, 0.05) is 12.8 Å². The molecule has 1 heterocycles. The molecule has 1 aliphatic rings. The molecule has 7 atom stereocenters. The van der Waals surface area contributed by atoms with Gasteiger partial charge in [0.15, 0.2) is 6.29 Å². The second kappa shape index (κ2) is 56.5. The Morgan fingerprint density at radius 2 is 0.885 bits per heavy atom. The molecule has 0 aromatic carbocycles. The molecule has 0 radical (unpaired) electrons. The number of rotatable bonds is 57. The van der Waals surface area contributed by atoms with Gasteiger partial charge in [0.1, 0.15) is 24.4 Å². The summed E-state index contributed by atoms with van der Waals surface area (Å²) in [6.07, 6.45) is 62.7. The van der Waals surface area contributed by atoms with Gasteiger partial charge in [-0.05, 0) is 77.6 Å². The van der Waals surface area contributed by atoms with Crippen molar-refractivity contribution in [2.45, 2.75) is 346 Å². The Bertz CT molecular complexity index is 1430. The van der Waals surface area contributed by atoms with E-state index in [1.165, 1.54) is 199 Å². The molecule has 1 aliphatic heterocycles. The standard InChI is InChI=1S/C67H123NO10/c1-3-5-7-9-11-13-14-15-16-25-29-32-35-39-43-47-51-55-63(72)76-56-52-48-44-40-36-33-30-27-24-22-20-18-17-19-21-23-26-28-31-34-38-42-46-50-54-62(71)68-59(60(70)53-49-45-41-37-12-10-8-6-4-2)58-77-67-66(75)65(74)64(73)61(57-69)78-67/h4,6,12,19,21,37,49,53,59-61,64-67,69-70,73-75H,3,5,7-11,13-18,20,22-36,38-48,50-52,54-58H2,1-2H3,(H,68,71)/b6-4+,21-19-,37-12+,53-49+. The molecule has 0 bridgehead atoms. The molecule has 1 amide bonds. The summed E-state index contributed by atoms with van der Waals surface area (Å²) >= 11 is 0. The van der Waals surface area contributed by atoms with Crippen LogP contribution in [0.3, 0.4) is 0 Å². The molecule has 0 saturated carbocycles. The smallest absolute Gasteiger partial charge is 0.305 e. The molecule has 456 valence electrons. The number of nitrogens with one attached hydrogen (secondary N) is 1. The largest absolute Gasteiger partial charge is 0.466 e. The highest BCUT2D eigenvalue weighted by molar-refractivity contribution is 5.76. The van der Waals surface area contributed by atoms with Crippen molar-refractivity contribution < 1.29 is 49.3 Å². The average Bonchev–Trinajstić information content (AvgIpc) is 3.44. The van der Waals surface area contributed by atoms with Crippen molar-refractivity contribution >= 4 is 11.9 Å². The fraction of sp³-hybridized carbons (Fsp3) is 0.851. The minimum Gasteiger partial charge on any atom is -0.466 e. The van der Waals surface area contributed by atoms with Crippen LogP contribution in [-0.2, 0) is 23.8 Å². The second-order valence-corrected chi connectivity index (χ2v) is 22.8. The third kappa shape index (κ3) is 45.3. The van der Waals surface area contributed by atoms with Crippen LogP contribution in [0.4, 0.5) is 0 Å². The van der Waals surface area contributed by atoms with Crippen molar-refractivity contribution in [1.82, 2.24) is 5.32 Å². The molecule has 0 aromatic heterocycles. The number of hydrogen-bond donors (Lipinski definition) is 6. The van der Waals surface area contributed by atoms with Gasteiger partial charge in [-0.2, -0.15) is 0 Å². The molecule has 1 saturated heterocycles. The third-order valence-electron chi connectivity index (χ3n) is 15.5. The molecule has 0 spiro atoms. The average molecular weight is 1100 g/mol. The monoisotopic (exact) mass is 1100 g/mol. The van der Waals surface area contributed by atoms with Gasteiger partial charge >= 0.3 is 5.97 Å². The van der Waals surface area contributed by atoms with Crippen LogP contribution in [0, 0.1) is 0 Å². The third-order valence-corrected chi connectivity index (χ3v) is 15.5. The minimum atomic E-state index is -1.58. The Hall–Kier alpha value is -2.38. The van der Waals surface area contributed by atoms with E-state index in [1.54, 1.807) is 6.08 Å². The van der Waals surface area contributed by atoms with Gasteiger partial charge in [-0.3, -0.25) is 9.59 Å². The van der Waals surface area contributed by atoms with E-state index in [2.05, 4.69) is 42.6 Å². The highest BCUT2D eigenvalue weighted by Crippen LogP contribution is 2.23. The first-order chi connectivity index (χ1) is 38.2. The normalized spacial score (nSPS) is 18.8. The number of carbonyl (C=O) groups is 2. The molecule has 1 rings (SSSR count). The Balaban J connectivity index is 1.95. The Morgan fingerprint density at radius 3 is 1.35 bits per heavy atom. The first-order valence-corrected chi connectivity index (χ1v) is 32.9. The maximum absolute atomic E-state index is 13.0. The molecule has 11 nitrogen and oxygen atoms in total. The van der Waals surface area contributed by atoms with Gasteiger partial charge in [-0.1, -0.05) is 261 Å². The number of carbonyl (C=O) groups excluding carboxylic acids is 2. The van der Waals surface area contributed by atoms with E-state index in [-0.39, 0.29) is 18.5 Å². The number of ether oxygens (including phenoxy) is 3. The van der Waals surface area contributed by atoms with Crippen LogP contribution in [0.2, 0.25) is 0 Å². The topological polar surface area (TPSA) is 175 Å². The van der Waals surface area contributed by atoms with E-state index in [0.717, 1.165) is 77.0 Å². The summed E-state index contributed by atoms with van der Waals surface area (Å²) < 4.78 is 16.7. The molecule has 7 unspecified atom stereocenters. The highest BCUT2D eigenvalue weighted by atomic mass is 16.7. The summed E-state index contributed by atoms with van der Waals surface area (Å²) in [7, 11) is 0. The maximum Gasteiger partial charge on any atom is 0.305 e. The van der Waals surface area contributed by atoms with Crippen molar-refractivity contribution in [2.24, 2.45) is 0 Å². The molecule has 11 heteroatoms. The lowest BCUT2D eigenvalue weighted by atomic mass is 9.99. The summed E-state index contributed by atoms with van der Waals surface area (Å²) in [4.78, 5) is 25.1. The number of aliphatic hydroxyl groups excluding tert-OH is 5. The summed E-state index contributed by atoms with van der Waals surface area (Å²) in [5.41, 5.74) is 0. The van der Waals surface area contributed by atoms with E-state index in [4.69, 9.17) is 14.2 Å². The van der Waals surface area contributed by atoms with Crippen LogP contribution in [0.25, 0.3) is 0 Å². The molecule has 0 aliphatic carbocycles. The minimum absolute atomic E-state index is 0.00441. The van der Waals surface area contributed by atoms with E-state index in [1.807, 2.05) is 19.1 Å². The summed E-state index contributed by atoms with van der Waals surface area (Å²) in [5, 5.41) is 54.2. The predicted molar refractivity (Wildman–Crippen MR) is 324 cm³/mol. The van der Waals surface area contributed by atoms with Crippen LogP contribution >= 0.6 is 0 Å². The van der Waals surface area contributed by atoms with Crippen molar-refractivity contribution in [3.05, 3.63) is 48.6 Å². The molecule has 78 heavy (non-hydrogen) atoms. The van der Waals surface area contributed by atoms with Crippen molar-refractivity contribution in [3.8, 4) is 0 Å². The summed E-state index contributed by atoms with van der Waals surface area (Å²) in [6.45, 7) is 4.10. The number of allylic oxidation sites excluding steroid dienone is 7. The Labute approximate surface area is 478 Å². The van der Waals surface area contributed by atoms with Gasteiger partial charge in [0.25, 0.3) is 0 Å². The first kappa shape index (κ1) is 73.6. The fourth-order valence-electron chi connectivity index (χ4n) is 10.3. The zero-order chi connectivity index (χ0) is 56.6. The van der Waals surface area contributed by atoms with E-state index in [9.17, 15) is 35.1 Å². The fourth-order valence-corrected chi connectivity index (χ4v) is 10.3. The van der Waals surface area contributed by atoms with E-state index >= 15 is 0 Å². The van der Waals surface area contributed by atoms with E-state index < -0.39 is 49.5 Å². The molecule has 1 fully saturated rings. The Morgan fingerprint density at radius 1 is 0.487 bits per heavy atom. The van der Waals surface area contributed by atoms with Gasteiger partial charge in [0.05, 0.1) is 32.0 Å². The number of esters is 1. The highest BCUT2D eigenvalue weighted by Gasteiger charge is 2.44. The van der Waals surface area contributed by atoms with Gasteiger partial charge in [0.2, 0.25) is 5.91 Å². The summed E-state index contributed by atoms with van der Waals surface area (Å²) in [6, 6.07) is -0.837. The van der Waals surface area contributed by atoms with Gasteiger partial charge in [-0.25, -0.2) is 0 Å². The van der Waals surface area contributed by atoms with Crippen molar-refractivity contribution in [3.63, 3.8) is 0 Å². The van der Waals surface area contributed by atoms with Crippen molar-refractivity contribution in [1.29, 1.82) is 0 Å². The zero-order valence-corrected chi connectivity index (χ0v) is 50.4. The molecule has 0 aromatic rings. The number of aliphatic hydroxyl groups is 5. The SMILES string of the molecule is C/C=C/CC/C=C/CC/C=C/C(O)C(COC1OC(CO)C(O)C(O)C1O)NC(=O)CCCCCCCCCC/C=C\CCCCCCCCCCCCCCOC(=O)CCCCCCCCCCCCCCCCCCC. The van der Waals surface area contributed by atoms with Crippen LogP contribution < -0.4 is 5.32 Å². The lowest BCUT2D eigenvalue weighted by Crippen LogP contribution is -2.60. The van der Waals surface area contributed by atoms with Gasteiger partial charge < -0.3 is 45.1 Å². The number of hydrogen-bond acceptors (Lipinski definition) is 10. The molecular formula is C67H123NO10. The quantitative estimate of drug-likeness (QED) is 0.0195. The lowest BCUT2D eigenvalue weighted by molar-refractivity contribution is -0.302. The molecule has 6 N–H and O–H groups in total. The maximum atomic E-state index is 13.0. The molecular weight excluding hydrogens is 979 g/mol. The van der Waals surface area contributed by atoms with Crippen LogP contribution in [0.5, 0.6) is 0 Å². The van der Waals surface area contributed by atoms with Crippen LogP contribution in [-0.4, -0.2) is 100 Å².